The van der Waals surface area contributed by atoms with Gasteiger partial charge in [-0.2, -0.15) is 0 Å². The van der Waals surface area contributed by atoms with Crippen molar-refractivity contribution >= 4 is 29.6 Å². The highest BCUT2D eigenvalue weighted by atomic mass is 32.2. The monoisotopic (exact) mass is 464 g/mol. The van der Waals surface area contributed by atoms with Crippen molar-refractivity contribution in [3.8, 4) is 5.69 Å². The highest BCUT2D eigenvalue weighted by molar-refractivity contribution is 7.99. The maximum absolute atomic E-state index is 12.4. The van der Waals surface area contributed by atoms with E-state index in [-0.39, 0.29) is 30.0 Å². The van der Waals surface area contributed by atoms with Crippen LogP contribution < -0.4 is 16.0 Å². The number of hydrogen-bond donors (Lipinski definition) is 3. The molecule has 0 aliphatic carbocycles. The number of nitrogens with one attached hydrogen (secondary N) is 3. The summed E-state index contributed by atoms with van der Waals surface area (Å²) in [5, 5.41) is 17.0. The van der Waals surface area contributed by atoms with Gasteiger partial charge < -0.3 is 10.6 Å². The molecule has 33 heavy (non-hydrogen) atoms. The fourth-order valence-electron chi connectivity index (χ4n) is 3.55. The van der Waals surface area contributed by atoms with Crippen LogP contribution in [0.2, 0.25) is 0 Å². The van der Waals surface area contributed by atoms with Crippen molar-refractivity contribution in [2.45, 2.75) is 30.5 Å². The first-order valence-corrected chi connectivity index (χ1v) is 11.6. The lowest BCUT2D eigenvalue weighted by Gasteiger charge is -2.23. The highest BCUT2D eigenvalue weighted by Gasteiger charge is 2.26. The van der Waals surface area contributed by atoms with Gasteiger partial charge in [0.15, 0.2) is 5.16 Å². The lowest BCUT2D eigenvalue weighted by atomic mass is 10.1. The van der Waals surface area contributed by atoms with Gasteiger partial charge in [0.1, 0.15) is 5.82 Å². The summed E-state index contributed by atoms with van der Waals surface area (Å²) in [6.45, 7) is 0.559. The number of carbonyl (C=O) groups is 3. The molecule has 1 saturated heterocycles. The zero-order valence-corrected chi connectivity index (χ0v) is 18.7. The molecule has 0 bridgehead atoms. The van der Waals surface area contributed by atoms with Crippen molar-refractivity contribution in [2.24, 2.45) is 0 Å². The zero-order chi connectivity index (χ0) is 23.0. The van der Waals surface area contributed by atoms with E-state index in [2.05, 4.69) is 26.1 Å². The lowest BCUT2D eigenvalue weighted by Crippen LogP contribution is -2.53. The quantitative estimate of drug-likeness (QED) is 0.416. The van der Waals surface area contributed by atoms with E-state index < -0.39 is 6.03 Å². The molecule has 1 aliphatic heterocycles. The molecule has 0 saturated carbocycles. The summed E-state index contributed by atoms with van der Waals surface area (Å²) in [6, 6.07) is 18.6. The Morgan fingerprint density at radius 2 is 1.79 bits per heavy atom. The number of urea groups is 1. The van der Waals surface area contributed by atoms with Crippen molar-refractivity contribution in [3.05, 3.63) is 72.1 Å². The number of benzene rings is 2. The molecule has 4 amide bonds. The Hall–Kier alpha value is -3.66. The molecular formula is C23H24N6O3S. The smallest absolute Gasteiger partial charge is 0.321 e. The first-order chi connectivity index (χ1) is 16.1. The molecule has 3 N–H and O–H groups in total. The summed E-state index contributed by atoms with van der Waals surface area (Å²) in [6.07, 6.45) is 1.27. The van der Waals surface area contributed by atoms with Gasteiger partial charge in [-0.25, -0.2) is 4.79 Å². The number of carbonyl (C=O) groups excluding carboxylic acids is 3. The molecule has 1 aliphatic rings. The number of aromatic nitrogens is 3. The second-order valence-electron chi connectivity index (χ2n) is 7.57. The summed E-state index contributed by atoms with van der Waals surface area (Å²) in [5.41, 5.74) is 2.01. The van der Waals surface area contributed by atoms with Crippen LogP contribution in [0.25, 0.3) is 5.69 Å². The van der Waals surface area contributed by atoms with Crippen molar-refractivity contribution in [1.82, 2.24) is 30.7 Å². The van der Waals surface area contributed by atoms with Crippen LogP contribution in [0.4, 0.5) is 4.79 Å². The van der Waals surface area contributed by atoms with E-state index in [1.54, 1.807) is 0 Å². The number of thioether (sulfide) groups is 1. The number of rotatable bonds is 9. The van der Waals surface area contributed by atoms with E-state index in [4.69, 9.17) is 0 Å². The number of nitrogens with zero attached hydrogens (tertiary/aromatic N) is 3. The molecule has 0 spiro atoms. The van der Waals surface area contributed by atoms with E-state index in [9.17, 15) is 14.4 Å². The van der Waals surface area contributed by atoms with Crippen LogP contribution in [0.3, 0.4) is 0 Å². The molecule has 4 rings (SSSR count). The molecule has 2 aromatic carbocycles. The number of para-hydroxylation sites is 1. The molecular weight excluding hydrogens is 440 g/mol. The summed E-state index contributed by atoms with van der Waals surface area (Å²) in [5.74, 6) is 0.392. The number of hydrogen-bond acceptors (Lipinski definition) is 6. The van der Waals surface area contributed by atoms with Crippen molar-refractivity contribution in [1.29, 1.82) is 0 Å². The third kappa shape index (κ3) is 6.19. The van der Waals surface area contributed by atoms with Gasteiger partial charge in [-0.15, -0.1) is 10.2 Å². The van der Waals surface area contributed by atoms with Crippen LogP contribution in [0, 0.1) is 0 Å². The molecule has 0 radical (unpaired) electrons. The van der Waals surface area contributed by atoms with Crippen LogP contribution in [-0.4, -0.2) is 50.9 Å². The predicted molar refractivity (Wildman–Crippen MR) is 124 cm³/mol. The zero-order valence-electron chi connectivity index (χ0n) is 17.9. The second-order valence-corrected chi connectivity index (χ2v) is 8.51. The fraction of sp³-hybridized carbons (Fsp3) is 0.261. The molecule has 170 valence electrons. The minimum Gasteiger partial charge on any atom is -0.355 e. The average Bonchev–Trinajstić information content (AvgIpc) is 3.20. The Morgan fingerprint density at radius 3 is 2.52 bits per heavy atom. The van der Waals surface area contributed by atoms with E-state index in [0.29, 0.717) is 23.9 Å². The van der Waals surface area contributed by atoms with Gasteiger partial charge in [0.25, 0.3) is 0 Å². The third-order valence-electron chi connectivity index (χ3n) is 5.07. The van der Waals surface area contributed by atoms with Crippen LogP contribution in [0.5, 0.6) is 0 Å². The second kappa shape index (κ2) is 10.8. The summed E-state index contributed by atoms with van der Waals surface area (Å²) in [7, 11) is 0. The Kier molecular flexibility index (Phi) is 7.36. The Labute approximate surface area is 195 Å². The van der Waals surface area contributed by atoms with Crippen molar-refractivity contribution < 1.29 is 14.4 Å². The Balaban J connectivity index is 1.41. The molecule has 1 unspecified atom stereocenters. The van der Waals surface area contributed by atoms with Crippen LogP contribution >= 0.6 is 11.8 Å². The molecule has 2 heterocycles. The van der Waals surface area contributed by atoms with Gasteiger partial charge in [0, 0.05) is 31.1 Å². The first-order valence-electron chi connectivity index (χ1n) is 10.6. The average molecular weight is 465 g/mol. The van der Waals surface area contributed by atoms with Gasteiger partial charge in [0.05, 0.1) is 5.75 Å². The topological polar surface area (TPSA) is 118 Å². The molecule has 10 heteroatoms. The molecule has 1 fully saturated rings. The standard InChI is InChI=1S/C23H24N6O3S/c30-20-14-17(25-22(32)26-20)13-19-27-28-23(29(19)18-9-5-2-6-10-18)33-15-21(31)24-12-11-16-7-3-1-4-8-16/h1-10,17H,11-15H2,(H,24,31)(H2,25,26,30,32). The summed E-state index contributed by atoms with van der Waals surface area (Å²) < 4.78 is 1.86. The molecule has 3 aromatic rings. The molecule has 1 atom stereocenters. The maximum Gasteiger partial charge on any atom is 0.321 e. The SMILES string of the molecule is O=C(CSc1nnc(CC2CC(=O)NC(=O)N2)n1-c1ccccc1)NCCc1ccccc1. The van der Waals surface area contributed by atoms with Crippen molar-refractivity contribution in [3.63, 3.8) is 0 Å². The minimum absolute atomic E-state index is 0.0868. The third-order valence-corrected chi connectivity index (χ3v) is 6.00. The number of imide groups is 1. The van der Waals surface area contributed by atoms with E-state index in [1.807, 2.05) is 65.2 Å². The summed E-state index contributed by atoms with van der Waals surface area (Å²) >= 11 is 1.29. The van der Waals surface area contributed by atoms with Gasteiger partial charge in [-0.05, 0) is 24.1 Å². The van der Waals surface area contributed by atoms with Crippen LogP contribution in [0.15, 0.2) is 65.8 Å². The maximum atomic E-state index is 12.4. The Bertz CT molecular complexity index is 1100. The first kappa shape index (κ1) is 22.5. The lowest BCUT2D eigenvalue weighted by molar-refractivity contribution is -0.121. The normalized spacial score (nSPS) is 15.6. The van der Waals surface area contributed by atoms with Gasteiger partial charge in [-0.3, -0.25) is 19.5 Å². The molecule has 1 aromatic heterocycles. The van der Waals surface area contributed by atoms with Gasteiger partial charge >= 0.3 is 6.03 Å². The van der Waals surface area contributed by atoms with E-state index >= 15 is 0 Å². The van der Waals surface area contributed by atoms with E-state index in [1.165, 1.54) is 17.3 Å². The van der Waals surface area contributed by atoms with Crippen molar-refractivity contribution in [2.75, 3.05) is 12.3 Å². The highest BCUT2D eigenvalue weighted by Crippen LogP contribution is 2.23. The number of amides is 4. The van der Waals surface area contributed by atoms with Gasteiger partial charge in [-0.1, -0.05) is 60.3 Å². The van der Waals surface area contributed by atoms with Crippen LogP contribution in [-0.2, 0) is 22.4 Å². The predicted octanol–water partition coefficient (Wildman–Crippen LogP) is 1.86. The van der Waals surface area contributed by atoms with Gasteiger partial charge in [0.2, 0.25) is 11.8 Å². The summed E-state index contributed by atoms with van der Waals surface area (Å²) in [4.78, 5) is 35.7. The van der Waals surface area contributed by atoms with E-state index in [0.717, 1.165) is 12.1 Å². The van der Waals surface area contributed by atoms with Crippen LogP contribution in [0.1, 0.15) is 17.8 Å². The Morgan fingerprint density at radius 1 is 1.06 bits per heavy atom. The fourth-order valence-corrected chi connectivity index (χ4v) is 4.35. The molecule has 9 nitrogen and oxygen atoms in total. The minimum atomic E-state index is -0.510. The largest absolute Gasteiger partial charge is 0.355 e.